The molecule has 230 valence electrons. The van der Waals surface area contributed by atoms with Crippen LogP contribution in [-0.2, 0) is 11.2 Å². The van der Waals surface area contributed by atoms with Crippen molar-refractivity contribution in [3.8, 4) is 23.0 Å². The fourth-order valence-electron chi connectivity index (χ4n) is 7.10. The van der Waals surface area contributed by atoms with E-state index < -0.39 is 11.6 Å². The van der Waals surface area contributed by atoms with Gasteiger partial charge in [0, 0.05) is 36.8 Å². The predicted molar refractivity (Wildman–Crippen MR) is 164 cm³/mol. The van der Waals surface area contributed by atoms with Crippen LogP contribution in [0.15, 0.2) is 30.5 Å². The molecular weight excluding hydrogens is 566 g/mol. The summed E-state index contributed by atoms with van der Waals surface area (Å²) >= 11 is 0. The van der Waals surface area contributed by atoms with Crippen molar-refractivity contribution in [2.45, 2.75) is 51.0 Å². The van der Waals surface area contributed by atoms with Gasteiger partial charge in [0.15, 0.2) is 5.82 Å². The number of hydrogen-bond acceptors (Lipinski definition) is 8. The topological polar surface area (TPSA) is 104 Å². The zero-order valence-electron chi connectivity index (χ0n) is 25.2. The number of carbonyl (C=O) groups is 1. The number of amides is 1. The highest BCUT2D eigenvalue weighted by molar-refractivity contribution is 6.01. The third-order valence-electron chi connectivity index (χ3n) is 9.30. The first-order valence-electron chi connectivity index (χ1n) is 15.2. The number of nitrogens with zero attached hydrogens (tertiary/aromatic N) is 5. The van der Waals surface area contributed by atoms with E-state index in [1.165, 1.54) is 18.2 Å². The van der Waals surface area contributed by atoms with E-state index in [2.05, 4.69) is 25.1 Å². The molecule has 2 aliphatic heterocycles. The van der Waals surface area contributed by atoms with Gasteiger partial charge in [-0.1, -0.05) is 13.0 Å². The summed E-state index contributed by atoms with van der Waals surface area (Å²) in [5.74, 6) is -0.652. The van der Waals surface area contributed by atoms with Crippen LogP contribution in [0.3, 0.4) is 0 Å². The number of anilines is 1. The summed E-state index contributed by atoms with van der Waals surface area (Å²) in [5, 5.41) is 15.1. The molecule has 1 spiro atoms. The largest absolute Gasteiger partial charge is 0.508 e. The third-order valence-corrected chi connectivity index (χ3v) is 9.30. The van der Waals surface area contributed by atoms with Crippen molar-refractivity contribution in [1.29, 1.82) is 0 Å². The summed E-state index contributed by atoms with van der Waals surface area (Å²) in [4.78, 5) is 30.0. The van der Waals surface area contributed by atoms with Crippen molar-refractivity contribution in [3.63, 3.8) is 0 Å². The van der Waals surface area contributed by atoms with Crippen LogP contribution in [-0.4, -0.2) is 76.7 Å². The maximum atomic E-state index is 16.8. The summed E-state index contributed by atoms with van der Waals surface area (Å²) in [5.41, 5.74) is 0.386. The smallest absolute Gasteiger partial charge is 0.319 e. The molecule has 1 aliphatic carbocycles. The molecule has 9 nitrogen and oxygen atoms in total. The maximum Gasteiger partial charge on any atom is 0.319 e. The predicted octanol–water partition coefficient (Wildman–Crippen LogP) is 4.97. The van der Waals surface area contributed by atoms with Gasteiger partial charge in [-0.2, -0.15) is 9.97 Å². The number of carbonyl (C=O) groups excluding carboxylic acids is 1. The summed E-state index contributed by atoms with van der Waals surface area (Å²) in [7, 11) is 4.06. The van der Waals surface area contributed by atoms with Crippen LogP contribution in [0, 0.1) is 17.0 Å². The monoisotopic (exact) mass is 602 g/mol. The van der Waals surface area contributed by atoms with Gasteiger partial charge in [-0.3, -0.25) is 9.78 Å². The second-order valence-corrected chi connectivity index (χ2v) is 13.0. The number of nitrogens with one attached hydrogen (secondary N) is 1. The minimum Gasteiger partial charge on any atom is -0.508 e. The van der Waals surface area contributed by atoms with Crippen LogP contribution < -0.4 is 15.0 Å². The van der Waals surface area contributed by atoms with E-state index >= 15 is 4.39 Å². The van der Waals surface area contributed by atoms with Gasteiger partial charge in [0.05, 0.1) is 24.0 Å². The van der Waals surface area contributed by atoms with Crippen LogP contribution in [0.5, 0.6) is 11.8 Å². The number of halogens is 2. The van der Waals surface area contributed by atoms with Gasteiger partial charge in [-0.25, -0.2) is 8.78 Å². The van der Waals surface area contributed by atoms with Crippen LogP contribution in [0.1, 0.15) is 44.6 Å². The molecule has 0 bridgehead atoms. The van der Waals surface area contributed by atoms with Gasteiger partial charge in [0.1, 0.15) is 28.6 Å². The number of fused-ring (bicyclic) bond motifs is 2. The van der Waals surface area contributed by atoms with Gasteiger partial charge >= 0.3 is 6.01 Å². The molecule has 3 aliphatic rings. The van der Waals surface area contributed by atoms with E-state index in [-0.39, 0.29) is 45.4 Å². The molecular formula is C33H36F2N6O3. The van der Waals surface area contributed by atoms with Crippen molar-refractivity contribution < 1.29 is 23.4 Å². The Hall–Kier alpha value is -4.12. The Morgan fingerprint density at radius 3 is 2.66 bits per heavy atom. The van der Waals surface area contributed by atoms with Gasteiger partial charge in [0.25, 0.3) is 0 Å². The van der Waals surface area contributed by atoms with Crippen molar-refractivity contribution >= 4 is 33.4 Å². The molecule has 4 aromatic rings. The molecule has 44 heavy (non-hydrogen) atoms. The van der Waals surface area contributed by atoms with Crippen molar-refractivity contribution in [3.05, 3.63) is 47.7 Å². The van der Waals surface area contributed by atoms with E-state index in [4.69, 9.17) is 9.72 Å². The Bertz CT molecular complexity index is 1800. The quantitative estimate of drug-likeness (QED) is 0.273. The lowest BCUT2D eigenvalue weighted by Crippen LogP contribution is -2.68. The highest BCUT2D eigenvalue weighted by Gasteiger charge is 2.46. The number of rotatable bonds is 8. The van der Waals surface area contributed by atoms with Crippen molar-refractivity contribution in [2.24, 2.45) is 5.41 Å². The molecule has 0 unspecified atom stereocenters. The normalized spacial score (nSPS) is 20.8. The lowest BCUT2D eigenvalue weighted by Gasteiger charge is -2.49. The van der Waals surface area contributed by atoms with Crippen molar-refractivity contribution in [2.75, 3.05) is 45.2 Å². The van der Waals surface area contributed by atoms with Crippen molar-refractivity contribution in [1.82, 2.24) is 25.2 Å². The third kappa shape index (κ3) is 4.96. The van der Waals surface area contributed by atoms with E-state index in [0.29, 0.717) is 60.1 Å². The maximum absolute atomic E-state index is 16.8. The fourth-order valence-corrected chi connectivity index (χ4v) is 7.10. The van der Waals surface area contributed by atoms with Gasteiger partial charge in [-0.05, 0) is 80.7 Å². The standard InChI is InChI=1S/C33H36F2N6O3/c1-4-21-24(34)7-6-19-12-20(42)13-22(26(19)21)28-27(35)29-23(15-36-28)30(41-11-5-8-33(17-41)14-25(43)39-33)38-31(37-29)44-18-32(9-10-32)16-40(2)3/h6-7,12-13,15,42H,4-5,8-11,14,16-18H2,1-3H3,(H,39,43)/t33-/m1/s1. The van der Waals surface area contributed by atoms with E-state index in [0.717, 1.165) is 32.2 Å². The minimum absolute atomic E-state index is 0.0103. The first kappa shape index (κ1) is 28.6. The van der Waals surface area contributed by atoms with Crippen LogP contribution in [0.2, 0.25) is 0 Å². The summed E-state index contributed by atoms with van der Waals surface area (Å²) < 4.78 is 37.9. The molecule has 4 heterocycles. The number of aromatic nitrogens is 3. The minimum atomic E-state index is -0.702. The first-order valence-corrected chi connectivity index (χ1v) is 15.2. The van der Waals surface area contributed by atoms with Crippen LogP contribution in [0.4, 0.5) is 14.6 Å². The number of phenolic OH excluding ortho intramolecular Hbond substituents is 1. The summed E-state index contributed by atoms with van der Waals surface area (Å²) in [6, 6.07) is 5.97. The zero-order chi connectivity index (χ0) is 30.8. The molecule has 3 fully saturated rings. The molecule has 1 atom stereocenters. The zero-order valence-corrected chi connectivity index (χ0v) is 25.2. The lowest BCUT2D eigenvalue weighted by molar-refractivity contribution is -0.133. The number of ether oxygens (including phenoxy) is 1. The van der Waals surface area contributed by atoms with E-state index in [1.54, 1.807) is 12.3 Å². The Labute approximate surface area is 254 Å². The Morgan fingerprint density at radius 2 is 1.95 bits per heavy atom. The number of aryl methyl sites for hydroxylation is 1. The number of pyridine rings is 1. The van der Waals surface area contributed by atoms with Crippen LogP contribution in [0.25, 0.3) is 32.9 Å². The van der Waals surface area contributed by atoms with E-state index in [9.17, 15) is 14.3 Å². The second kappa shape index (κ2) is 10.5. The summed E-state index contributed by atoms with van der Waals surface area (Å²) in [6.07, 6.45) is 6.13. The fraction of sp³-hybridized carbons (Fsp3) is 0.455. The average Bonchev–Trinajstić information content (AvgIpc) is 3.74. The number of β-lactam (4-membered cyclic amide) rings is 1. The molecule has 2 aromatic carbocycles. The lowest BCUT2D eigenvalue weighted by atomic mass is 9.80. The van der Waals surface area contributed by atoms with Gasteiger partial charge in [0.2, 0.25) is 5.91 Å². The molecule has 2 saturated heterocycles. The number of piperidine rings is 1. The molecule has 1 saturated carbocycles. The summed E-state index contributed by atoms with van der Waals surface area (Å²) in [6.45, 7) is 4.32. The molecule has 2 aromatic heterocycles. The SMILES string of the molecule is CCc1c(F)ccc2cc(O)cc(-c3ncc4c(N5CCC[C@@]6(CC(=O)N6)C5)nc(OCC5(CN(C)C)CC5)nc4c3F)c12. The molecule has 0 radical (unpaired) electrons. The second-order valence-electron chi connectivity index (χ2n) is 13.0. The Balaban J connectivity index is 1.37. The van der Waals surface area contributed by atoms with E-state index in [1.807, 2.05) is 21.0 Å². The van der Waals surface area contributed by atoms with Crippen LogP contribution >= 0.6 is 0 Å². The Kier molecular flexibility index (Phi) is 6.84. The molecule has 7 rings (SSSR count). The Morgan fingerprint density at radius 1 is 1.16 bits per heavy atom. The molecule has 11 heteroatoms. The number of phenols is 1. The number of aromatic hydroxyl groups is 1. The number of hydrogen-bond donors (Lipinski definition) is 2. The van der Waals surface area contributed by atoms with Gasteiger partial charge < -0.3 is 25.0 Å². The number of benzene rings is 2. The molecule has 1 amide bonds. The average molecular weight is 603 g/mol. The molecule has 2 N–H and O–H groups in total. The van der Waals surface area contributed by atoms with Gasteiger partial charge in [-0.15, -0.1) is 0 Å². The highest BCUT2D eigenvalue weighted by Crippen LogP contribution is 2.46. The first-order chi connectivity index (χ1) is 21.1. The highest BCUT2D eigenvalue weighted by atomic mass is 19.1.